The highest BCUT2D eigenvalue weighted by Crippen LogP contribution is 2.32. The molecule has 9 nitrogen and oxygen atoms in total. The van der Waals surface area contributed by atoms with E-state index in [1.807, 2.05) is 0 Å². The molecule has 0 aliphatic carbocycles. The number of nitro benzene ring substituents is 1. The smallest absolute Gasteiger partial charge is 0.276 e. The molecule has 0 spiro atoms. The average Bonchev–Trinajstić information content (AvgIpc) is 3.14. The number of hydrogen-bond acceptors (Lipinski definition) is 6. The van der Waals surface area contributed by atoms with Crippen molar-refractivity contribution in [3.63, 3.8) is 0 Å². The van der Waals surface area contributed by atoms with Crippen molar-refractivity contribution in [2.45, 2.75) is 6.92 Å². The number of fused-ring (bicyclic) bond motifs is 1. The minimum atomic E-state index is -0.563. The van der Waals surface area contributed by atoms with E-state index < -0.39 is 10.8 Å². The van der Waals surface area contributed by atoms with Gasteiger partial charge in [-0.15, -0.1) is 0 Å². The summed E-state index contributed by atoms with van der Waals surface area (Å²) in [7, 11) is 0. The van der Waals surface area contributed by atoms with Gasteiger partial charge in [-0.05, 0) is 36.8 Å². The summed E-state index contributed by atoms with van der Waals surface area (Å²) in [5.41, 5.74) is 1.35. The summed E-state index contributed by atoms with van der Waals surface area (Å²) < 4.78 is 7.25. The molecule has 2 aromatic carbocycles. The second-order valence-corrected chi connectivity index (χ2v) is 6.83. The van der Waals surface area contributed by atoms with E-state index in [-0.39, 0.29) is 22.8 Å². The lowest BCUT2D eigenvalue weighted by Gasteiger charge is -2.11. The van der Waals surface area contributed by atoms with Gasteiger partial charge in [-0.2, -0.15) is 5.10 Å². The first-order chi connectivity index (χ1) is 14.4. The van der Waals surface area contributed by atoms with Crippen LogP contribution in [0.1, 0.15) is 16.1 Å². The number of carbonyl (C=O) groups is 1. The van der Waals surface area contributed by atoms with Gasteiger partial charge in [-0.1, -0.05) is 11.6 Å². The summed E-state index contributed by atoms with van der Waals surface area (Å²) in [6, 6.07) is 12.2. The molecule has 2 aromatic heterocycles. The molecule has 0 radical (unpaired) electrons. The highest BCUT2D eigenvalue weighted by molar-refractivity contribution is 6.30. The first kappa shape index (κ1) is 19.3. The number of rotatable bonds is 5. The summed E-state index contributed by atoms with van der Waals surface area (Å²) in [4.78, 5) is 27.5. The maximum absolute atomic E-state index is 12.6. The van der Waals surface area contributed by atoms with Gasteiger partial charge < -0.3 is 10.1 Å². The fourth-order valence-corrected chi connectivity index (χ4v) is 3.04. The van der Waals surface area contributed by atoms with E-state index in [9.17, 15) is 14.9 Å². The number of halogens is 1. The Bertz CT molecular complexity index is 1250. The van der Waals surface area contributed by atoms with Gasteiger partial charge in [0, 0.05) is 35.6 Å². The number of carbonyl (C=O) groups excluding carboxylic acids is 1. The van der Waals surface area contributed by atoms with Gasteiger partial charge in [0.2, 0.25) is 0 Å². The number of aryl methyl sites for hydroxylation is 1. The Hall–Kier alpha value is -3.98. The highest BCUT2D eigenvalue weighted by Gasteiger charge is 2.16. The van der Waals surface area contributed by atoms with Crippen molar-refractivity contribution in [1.82, 2.24) is 14.6 Å². The zero-order valence-electron chi connectivity index (χ0n) is 15.6. The van der Waals surface area contributed by atoms with Gasteiger partial charge in [-0.25, -0.2) is 9.50 Å². The normalized spacial score (nSPS) is 10.7. The molecule has 0 saturated carbocycles. The summed E-state index contributed by atoms with van der Waals surface area (Å²) in [5, 5.41) is 18.6. The Morgan fingerprint density at radius 3 is 2.80 bits per heavy atom. The van der Waals surface area contributed by atoms with E-state index in [1.165, 1.54) is 28.8 Å². The zero-order chi connectivity index (χ0) is 21.3. The molecule has 0 aliphatic heterocycles. The third-order valence-electron chi connectivity index (χ3n) is 4.19. The SMILES string of the molecule is Cc1cc(Cl)ccc1Oc1cc(NC(=O)c2cc3ncccn3n2)cc([N+](=O)[O-])c1. The minimum absolute atomic E-state index is 0.122. The van der Waals surface area contributed by atoms with E-state index >= 15 is 0 Å². The fraction of sp³-hybridized carbons (Fsp3) is 0.0500. The van der Waals surface area contributed by atoms with Gasteiger partial charge in [-0.3, -0.25) is 14.9 Å². The van der Waals surface area contributed by atoms with E-state index in [1.54, 1.807) is 43.6 Å². The average molecular weight is 424 g/mol. The molecule has 1 amide bonds. The molecule has 150 valence electrons. The van der Waals surface area contributed by atoms with Crippen LogP contribution in [-0.4, -0.2) is 25.4 Å². The molecular formula is C20H14ClN5O4. The Morgan fingerprint density at radius 1 is 1.23 bits per heavy atom. The first-order valence-electron chi connectivity index (χ1n) is 8.74. The van der Waals surface area contributed by atoms with Crippen LogP contribution in [0.15, 0.2) is 60.9 Å². The monoisotopic (exact) mass is 423 g/mol. The van der Waals surface area contributed by atoms with Crippen LogP contribution in [0, 0.1) is 17.0 Å². The van der Waals surface area contributed by atoms with Gasteiger partial charge >= 0.3 is 0 Å². The number of amides is 1. The molecule has 30 heavy (non-hydrogen) atoms. The van der Waals surface area contributed by atoms with Crippen molar-refractivity contribution in [2.24, 2.45) is 0 Å². The Labute approximate surface area is 175 Å². The Balaban J connectivity index is 1.63. The lowest BCUT2D eigenvalue weighted by molar-refractivity contribution is -0.384. The Morgan fingerprint density at radius 2 is 2.07 bits per heavy atom. The van der Waals surface area contributed by atoms with Gasteiger partial charge in [0.25, 0.3) is 11.6 Å². The largest absolute Gasteiger partial charge is 0.457 e. The molecule has 0 saturated heterocycles. The highest BCUT2D eigenvalue weighted by atomic mass is 35.5. The van der Waals surface area contributed by atoms with E-state index in [4.69, 9.17) is 16.3 Å². The van der Waals surface area contributed by atoms with Crippen LogP contribution >= 0.6 is 11.6 Å². The van der Waals surface area contributed by atoms with Crippen molar-refractivity contribution >= 4 is 34.5 Å². The maximum Gasteiger partial charge on any atom is 0.276 e. The predicted molar refractivity (Wildman–Crippen MR) is 110 cm³/mol. The molecule has 0 aliphatic rings. The predicted octanol–water partition coefficient (Wildman–Crippen LogP) is 4.64. The summed E-state index contributed by atoms with van der Waals surface area (Å²) in [6.07, 6.45) is 3.24. The van der Waals surface area contributed by atoms with Gasteiger partial charge in [0.05, 0.1) is 16.7 Å². The van der Waals surface area contributed by atoms with Crippen LogP contribution in [0.2, 0.25) is 5.02 Å². The maximum atomic E-state index is 12.6. The van der Waals surface area contributed by atoms with E-state index in [2.05, 4.69) is 15.4 Å². The third kappa shape index (κ3) is 4.06. The number of nitro groups is 1. The first-order valence-corrected chi connectivity index (χ1v) is 9.12. The number of aromatic nitrogens is 3. The molecule has 1 N–H and O–H groups in total. The van der Waals surface area contributed by atoms with Crippen LogP contribution in [-0.2, 0) is 0 Å². The molecule has 4 aromatic rings. The van der Waals surface area contributed by atoms with Crippen molar-refractivity contribution in [3.05, 3.63) is 87.3 Å². The Kier molecular flexibility index (Phi) is 5.03. The number of nitrogens with zero attached hydrogens (tertiary/aromatic N) is 4. The zero-order valence-corrected chi connectivity index (χ0v) is 16.3. The van der Waals surface area contributed by atoms with Crippen molar-refractivity contribution in [3.8, 4) is 11.5 Å². The van der Waals surface area contributed by atoms with Crippen molar-refractivity contribution in [1.29, 1.82) is 0 Å². The van der Waals surface area contributed by atoms with Gasteiger partial charge in [0.15, 0.2) is 11.3 Å². The van der Waals surface area contributed by atoms with Crippen molar-refractivity contribution < 1.29 is 14.5 Å². The van der Waals surface area contributed by atoms with E-state index in [0.29, 0.717) is 16.4 Å². The fourth-order valence-electron chi connectivity index (χ4n) is 2.81. The summed E-state index contributed by atoms with van der Waals surface area (Å²) in [5.74, 6) is 0.153. The molecule has 0 bridgehead atoms. The van der Waals surface area contributed by atoms with E-state index in [0.717, 1.165) is 5.56 Å². The summed E-state index contributed by atoms with van der Waals surface area (Å²) >= 11 is 5.95. The molecule has 0 unspecified atom stereocenters. The molecular weight excluding hydrogens is 410 g/mol. The van der Waals surface area contributed by atoms with Crippen LogP contribution in [0.4, 0.5) is 11.4 Å². The molecule has 4 rings (SSSR count). The second-order valence-electron chi connectivity index (χ2n) is 6.39. The quantitative estimate of drug-likeness (QED) is 0.369. The number of hydrogen-bond donors (Lipinski definition) is 1. The molecule has 2 heterocycles. The number of nitrogens with one attached hydrogen (secondary N) is 1. The number of anilines is 1. The molecule has 0 atom stereocenters. The van der Waals surface area contributed by atoms with Crippen molar-refractivity contribution in [2.75, 3.05) is 5.32 Å². The van der Waals surface area contributed by atoms with Crippen LogP contribution in [0.25, 0.3) is 5.65 Å². The number of non-ortho nitro benzene ring substituents is 1. The standard InChI is InChI=1S/C20H14ClN5O4/c1-12-7-13(21)3-4-18(12)30-16-9-14(8-15(10-16)26(28)29)23-20(27)17-11-19-22-5-2-6-25(19)24-17/h2-11H,1H3,(H,23,27). The molecule has 10 heteroatoms. The number of benzene rings is 2. The third-order valence-corrected chi connectivity index (χ3v) is 4.43. The lowest BCUT2D eigenvalue weighted by atomic mass is 10.2. The van der Waals surface area contributed by atoms with Crippen LogP contribution in [0.3, 0.4) is 0 Å². The lowest BCUT2D eigenvalue weighted by Crippen LogP contribution is -2.13. The molecule has 0 fully saturated rings. The second kappa shape index (κ2) is 7.80. The van der Waals surface area contributed by atoms with Crippen LogP contribution < -0.4 is 10.1 Å². The van der Waals surface area contributed by atoms with Gasteiger partial charge in [0.1, 0.15) is 11.5 Å². The number of ether oxygens (including phenoxy) is 1. The summed E-state index contributed by atoms with van der Waals surface area (Å²) in [6.45, 7) is 1.80. The topological polar surface area (TPSA) is 112 Å². The minimum Gasteiger partial charge on any atom is -0.457 e. The van der Waals surface area contributed by atoms with Crippen LogP contribution in [0.5, 0.6) is 11.5 Å².